The second kappa shape index (κ2) is 7.49. The largest absolute Gasteiger partial charge is 0.356 e. The van der Waals surface area contributed by atoms with Gasteiger partial charge >= 0.3 is 0 Å². The standard InChI is InChI=1S/C14H26N2O/c1-11(2)9-13(10-15)14(17)16-8-7-12-5-3-4-6-12/h5,11,13H,3-4,6-10,15H2,1-2H3,(H,16,17). The van der Waals surface area contributed by atoms with Crippen LogP contribution in [0.1, 0.15) is 46.0 Å². The van der Waals surface area contributed by atoms with Crippen LogP contribution in [0.3, 0.4) is 0 Å². The van der Waals surface area contributed by atoms with Crippen molar-refractivity contribution >= 4 is 5.91 Å². The molecule has 1 unspecified atom stereocenters. The molecule has 1 aliphatic rings. The zero-order valence-electron chi connectivity index (χ0n) is 11.2. The molecule has 0 bridgehead atoms. The van der Waals surface area contributed by atoms with Crippen molar-refractivity contribution in [2.24, 2.45) is 17.6 Å². The molecule has 1 atom stereocenters. The van der Waals surface area contributed by atoms with Gasteiger partial charge in [0.25, 0.3) is 0 Å². The van der Waals surface area contributed by atoms with Crippen LogP contribution in [0.2, 0.25) is 0 Å². The Hall–Kier alpha value is -0.830. The van der Waals surface area contributed by atoms with Gasteiger partial charge < -0.3 is 11.1 Å². The minimum absolute atomic E-state index is 0.0208. The van der Waals surface area contributed by atoms with Gasteiger partial charge in [0.2, 0.25) is 5.91 Å². The number of allylic oxidation sites excluding steroid dienone is 1. The Balaban J connectivity index is 2.22. The quantitative estimate of drug-likeness (QED) is 0.668. The first-order valence-electron chi connectivity index (χ1n) is 6.79. The summed E-state index contributed by atoms with van der Waals surface area (Å²) in [4.78, 5) is 11.9. The third kappa shape index (κ3) is 5.35. The van der Waals surface area contributed by atoms with Gasteiger partial charge in [-0.25, -0.2) is 0 Å². The Bertz CT molecular complexity index is 271. The molecule has 0 saturated heterocycles. The van der Waals surface area contributed by atoms with Gasteiger partial charge in [0.15, 0.2) is 0 Å². The third-order valence-electron chi connectivity index (χ3n) is 3.29. The highest BCUT2D eigenvalue weighted by Gasteiger charge is 2.17. The first kappa shape index (κ1) is 14.2. The van der Waals surface area contributed by atoms with Crippen molar-refractivity contribution in [3.63, 3.8) is 0 Å². The van der Waals surface area contributed by atoms with Crippen molar-refractivity contribution in [3.8, 4) is 0 Å². The number of nitrogens with one attached hydrogen (secondary N) is 1. The molecule has 0 heterocycles. The van der Waals surface area contributed by atoms with Crippen molar-refractivity contribution in [1.29, 1.82) is 0 Å². The highest BCUT2D eigenvalue weighted by molar-refractivity contribution is 5.78. The van der Waals surface area contributed by atoms with Crippen LogP contribution in [0.4, 0.5) is 0 Å². The number of rotatable bonds is 7. The molecular weight excluding hydrogens is 212 g/mol. The summed E-state index contributed by atoms with van der Waals surface area (Å²) in [6.45, 7) is 5.46. The zero-order chi connectivity index (χ0) is 12.7. The van der Waals surface area contributed by atoms with Gasteiger partial charge in [-0.2, -0.15) is 0 Å². The van der Waals surface area contributed by atoms with Gasteiger partial charge in [0, 0.05) is 13.1 Å². The Morgan fingerprint density at radius 1 is 1.53 bits per heavy atom. The van der Waals surface area contributed by atoms with E-state index in [0.717, 1.165) is 19.4 Å². The van der Waals surface area contributed by atoms with Crippen molar-refractivity contribution in [2.75, 3.05) is 13.1 Å². The van der Waals surface area contributed by atoms with Crippen LogP contribution in [-0.2, 0) is 4.79 Å². The molecule has 1 aliphatic carbocycles. The van der Waals surface area contributed by atoms with E-state index in [1.165, 1.54) is 24.8 Å². The molecule has 1 rings (SSSR count). The van der Waals surface area contributed by atoms with Crippen LogP contribution in [-0.4, -0.2) is 19.0 Å². The molecule has 0 saturated carbocycles. The molecule has 0 spiro atoms. The van der Waals surface area contributed by atoms with Crippen molar-refractivity contribution in [1.82, 2.24) is 5.32 Å². The Kier molecular flexibility index (Phi) is 6.27. The van der Waals surface area contributed by atoms with Gasteiger partial charge in [-0.15, -0.1) is 0 Å². The highest BCUT2D eigenvalue weighted by atomic mass is 16.1. The van der Waals surface area contributed by atoms with Gasteiger partial charge in [0.05, 0.1) is 5.92 Å². The third-order valence-corrected chi connectivity index (χ3v) is 3.29. The molecule has 3 heteroatoms. The predicted molar refractivity (Wildman–Crippen MR) is 71.6 cm³/mol. The molecule has 1 amide bonds. The lowest BCUT2D eigenvalue weighted by atomic mass is 9.96. The summed E-state index contributed by atoms with van der Waals surface area (Å²) in [5.74, 6) is 0.624. The van der Waals surface area contributed by atoms with Gasteiger partial charge in [-0.3, -0.25) is 4.79 Å². The van der Waals surface area contributed by atoms with E-state index in [4.69, 9.17) is 5.73 Å². The molecular formula is C14H26N2O. The number of nitrogens with two attached hydrogens (primary N) is 1. The minimum Gasteiger partial charge on any atom is -0.356 e. The first-order valence-corrected chi connectivity index (χ1v) is 6.79. The zero-order valence-corrected chi connectivity index (χ0v) is 11.2. The van der Waals surface area contributed by atoms with Gasteiger partial charge in [0.1, 0.15) is 0 Å². The summed E-state index contributed by atoms with van der Waals surface area (Å²) in [7, 11) is 0. The fourth-order valence-electron chi connectivity index (χ4n) is 2.33. The van der Waals surface area contributed by atoms with Crippen LogP contribution in [0.5, 0.6) is 0 Å². The summed E-state index contributed by atoms with van der Waals surface area (Å²) in [5, 5.41) is 3.01. The van der Waals surface area contributed by atoms with E-state index in [1.54, 1.807) is 0 Å². The van der Waals surface area contributed by atoms with Crippen molar-refractivity contribution in [2.45, 2.75) is 46.0 Å². The van der Waals surface area contributed by atoms with E-state index in [1.807, 2.05) is 0 Å². The molecule has 0 radical (unpaired) electrons. The summed E-state index contributed by atoms with van der Waals surface area (Å²) in [6, 6.07) is 0. The van der Waals surface area contributed by atoms with Crippen LogP contribution < -0.4 is 11.1 Å². The molecule has 17 heavy (non-hydrogen) atoms. The van der Waals surface area contributed by atoms with E-state index >= 15 is 0 Å². The molecule has 0 aromatic heterocycles. The minimum atomic E-state index is -0.0208. The monoisotopic (exact) mass is 238 g/mol. The van der Waals surface area contributed by atoms with Gasteiger partial charge in [-0.1, -0.05) is 25.5 Å². The normalized spacial score (nSPS) is 17.1. The molecule has 3 nitrogen and oxygen atoms in total. The summed E-state index contributed by atoms with van der Waals surface area (Å²) in [6.07, 6.45) is 7.89. The van der Waals surface area contributed by atoms with Crippen molar-refractivity contribution in [3.05, 3.63) is 11.6 Å². The van der Waals surface area contributed by atoms with Gasteiger partial charge in [-0.05, 0) is 38.0 Å². The maximum absolute atomic E-state index is 11.9. The molecule has 0 fully saturated rings. The molecule has 0 aliphatic heterocycles. The second-order valence-corrected chi connectivity index (χ2v) is 5.36. The molecule has 98 valence electrons. The number of carbonyl (C=O) groups is 1. The van der Waals surface area contributed by atoms with E-state index < -0.39 is 0 Å². The molecule has 0 aromatic carbocycles. The van der Waals surface area contributed by atoms with E-state index in [9.17, 15) is 4.79 Å². The number of carbonyl (C=O) groups excluding carboxylic acids is 1. The SMILES string of the molecule is CC(C)CC(CN)C(=O)NCCC1=CCCC1. The number of hydrogen-bond donors (Lipinski definition) is 2. The lowest BCUT2D eigenvalue weighted by Crippen LogP contribution is -2.36. The smallest absolute Gasteiger partial charge is 0.224 e. The topological polar surface area (TPSA) is 55.1 Å². The number of amides is 1. The average Bonchev–Trinajstić information content (AvgIpc) is 2.78. The lowest BCUT2D eigenvalue weighted by molar-refractivity contribution is -0.125. The molecule has 0 aromatic rings. The Morgan fingerprint density at radius 2 is 2.29 bits per heavy atom. The summed E-state index contributed by atoms with van der Waals surface area (Å²) in [5.41, 5.74) is 7.14. The second-order valence-electron chi connectivity index (χ2n) is 5.36. The Morgan fingerprint density at radius 3 is 2.82 bits per heavy atom. The highest BCUT2D eigenvalue weighted by Crippen LogP contribution is 2.19. The van der Waals surface area contributed by atoms with Crippen molar-refractivity contribution < 1.29 is 4.79 Å². The summed E-state index contributed by atoms with van der Waals surface area (Å²) >= 11 is 0. The fraction of sp³-hybridized carbons (Fsp3) is 0.786. The van der Waals surface area contributed by atoms with E-state index in [-0.39, 0.29) is 11.8 Å². The summed E-state index contributed by atoms with van der Waals surface area (Å²) < 4.78 is 0. The van der Waals surface area contributed by atoms with E-state index in [2.05, 4.69) is 25.2 Å². The Labute approximate surface area is 105 Å². The molecule has 3 N–H and O–H groups in total. The maximum Gasteiger partial charge on any atom is 0.224 e. The van der Waals surface area contributed by atoms with Crippen LogP contribution >= 0.6 is 0 Å². The lowest BCUT2D eigenvalue weighted by Gasteiger charge is -2.16. The first-order chi connectivity index (χ1) is 8.13. The van der Waals surface area contributed by atoms with E-state index in [0.29, 0.717) is 12.5 Å². The van der Waals surface area contributed by atoms with Crippen LogP contribution in [0, 0.1) is 11.8 Å². The van der Waals surface area contributed by atoms with Crippen LogP contribution in [0.25, 0.3) is 0 Å². The maximum atomic E-state index is 11.9. The number of hydrogen-bond acceptors (Lipinski definition) is 2. The van der Waals surface area contributed by atoms with Crippen LogP contribution in [0.15, 0.2) is 11.6 Å². The fourth-order valence-corrected chi connectivity index (χ4v) is 2.33. The predicted octanol–water partition coefficient (Wildman–Crippen LogP) is 2.22. The average molecular weight is 238 g/mol.